The van der Waals surface area contributed by atoms with Crippen LogP contribution in [-0.4, -0.2) is 19.7 Å². The largest absolute Gasteiger partial charge is 0.491 e. The average molecular weight is 240 g/mol. The predicted molar refractivity (Wildman–Crippen MR) is 62.5 cm³/mol. The fourth-order valence-corrected chi connectivity index (χ4v) is 1.51. The number of methoxy groups -OCH3 is 1. The van der Waals surface area contributed by atoms with Crippen molar-refractivity contribution in [3.05, 3.63) is 29.6 Å². The standard InChI is InChI=1S/C13H17FO3/c1-3-17-12-8-7-10(9-11(12)14)5-4-6-13(15)16-2/h7-9H,3-6H2,1-2H3. The van der Waals surface area contributed by atoms with E-state index in [1.807, 2.05) is 13.0 Å². The van der Waals surface area contributed by atoms with Crippen LogP contribution in [0.2, 0.25) is 0 Å². The SMILES string of the molecule is CCOc1ccc(CCCC(=O)OC)cc1F. The molecular formula is C13H17FO3. The van der Waals surface area contributed by atoms with Crippen LogP contribution < -0.4 is 4.74 Å². The minimum absolute atomic E-state index is 0.239. The molecule has 1 aromatic rings. The first-order chi connectivity index (χ1) is 8.17. The lowest BCUT2D eigenvalue weighted by Gasteiger charge is -2.06. The quantitative estimate of drug-likeness (QED) is 0.717. The minimum Gasteiger partial charge on any atom is -0.491 e. The zero-order chi connectivity index (χ0) is 12.7. The Kier molecular flexibility index (Phi) is 5.46. The second-order valence-corrected chi connectivity index (χ2v) is 3.63. The summed E-state index contributed by atoms with van der Waals surface area (Å²) in [5.74, 6) is -0.331. The molecule has 0 fully saturated rings. The molecule has 4 heteroatoms. The lowest BCUT2D eigenvalue weighted by Crippen LogP contribution is -2.01. The van der Waals surface area contributed by atoms with Crippen molar-refractivity contribution in [1.29, 1.82) is 0 Å². The molecule has 0 aliphatic heterocycles. The van der Waals surface area contributed by atoms with Gasteiger partial charge in [-0.2, -0.15) is 0 Å². The minimum atomic E-state index is -0.359. The Hall–Kier alpha value is -1.58. The Morgan fingerprint density at radius 3 is 2.76 bits per heavy atom. The van der Waals surface area contributed by atoms with Crippen LogP contribution in [0.5, 0.6) is 5.75 Å². The number of carbonyl (C=O) groups is 1. The van der Waals surface area contributed by atoms with Gasteiger partial charge < -0.3 is 9.47 Å². The molecule has 0 aromatic heterocycles. The van der Waals surface area contributed by atoms with Gasteiger partial charge in [-0.05, 0) is 37.5 Å². The second-order valence-electron chi connectivity index (χ2n) is 3.63. The number of aryl methyl sites for hydroxylation is 1. The molecule has 17 heavy (non-hydrogen) atoms. The lowest BCUT2D eigenvalue weighted by molar-refractivity contribution is -0.140. The van der Waals surface area contributed by atoms with Crippen molar-refractivity contribution in [2.45, 2.75) is 26.2 Å². The van der Waals surface area contributed by atoms with Crippen LogP contribution in [-0.2, 0) is 16.0 Å². The normalized spacial score (nSPS) is 10.1. The van der Waals surface area contributed by atoms with E-state index in [4.69, 9.17) is 4.74 Å². The Labute approximate surface area is 101 Å². The maximum atomic E-state index is 13.5. The molecule has 0 N–H and O–H groups in total. The molecule has 0 aliphatic rings. The van der Waals surface area contributed by atoms with Crippen molar-refractivity contribution >= 4 is 5.97 Å². The molecule has 1 aromatic carbocycles. The molecule has 0 atom stereocenters. The summed E-state index contributed by atoms with van der Waals surface area (Å²) in [5, 5.41) is 0. The van der Waals surface area contributed by atoms with Crippen molar-refractivity contribution < 1.29 is 18.7 Å². The van der Waals surface area contributed by atoms with Gasteiger partial charge in [0.25, 0.3) is 0 Å². The fourth-order valence-electron chi connectivity index (χ4n) is 1.51. The molecule has 1 rings (SSSR count). The van der Waals surface area contributed by atoms with Gasteiger partial charge in [-0.1, -0.05) is 6.07 Å². The van der Waals surface area contributed by atoms with E-state index in [0.29, 0.717) is 25.9 Å². The van der Waals surface area contributed by atoms with E-state index in [2.05, 4.69) is 4.74 Å². The highest BCUT2D eigenvalue weighted by molar-refractivity contribution is 5.69. The third-order valence-electron chi connectivity index (χ3n) is 2.37. The third-order valence-corrected chi connectivity index (χ3v) is 2.37. The number of hydrogen-bond acceptors (Lipinski definition) is 3. The summed E-state index contributed by atoms with van der Waals surface area (Å²) in [6.45, 7) is 2.25. The number of carbonyl (C=O) groups excluding carboxylic acids is 1. The zero-order valence-electron chi connectivity index (χ0n) is 10.2. The van der Waals surface area contributed by atoms with E-state index in [1.165, 1.54) is 13.2 Å². The highest BCUT2D eigenvalue weighted by Gasteiger charge is 2.05. The van der Waals surface area contributed by atoms with Gasteiger partial charge in [0.1, 0.15) is 0 Å². The first-order valence-electron chi connectivity index (χ1n) is 5.65. The van der Waals surface area contributed by atoms with Crippen LogP contribution in [0.4, 0.5) is 4.39 Å². The van der Waals surface area contributed by atoms with Gasteiger partial charge in [0.2, 0.25) is 0 Å². The van der Waals surface area contributed by atoms with E-state index in [1.54, 1.807) is 6.07 Å². The molecule has 3 nitrogen and oxygen atoms in total. The van der Waals surface area contributed by atoms with E-state index >= 15 is 0 Å². The summed E-state index contributed by atoms with van der Waals surface area (Å²) >= 11 is 0. The van der Waals surface area contributed by atoms with Gasteiger partial charge in [0.15, 0.2) is 11.6 Å². The molecule has 0 bridgehead atoms. The topological polar surface area (TPSA) is 35.5 Å². The van der Waals surface area contributed by atoms with E-state index in [-0.39, 0.29) is 17.5 Å². The van der Waals surface area contributed by atoms with Crippen LogP contribution in [0.3, 0.4) is 0 Å². The van der Waals surface area contributed by atoms with Crippen molar-refractivity contribution in [2.75, 3.05) is 13.7 Å². The average Bonchev–Trinajstić information content (AvgIpc) is 2.32. The molecule has 0 aliphatic carbocycles. The van der Waals surface area contributed by atoms with E-state index < -0.39 is 0 Å². The Bertz CT molecular complexity index is 377. The summed E-state index contributed by atoms with van der Waals surface area (Å²) in [5.41, 5.74) is 0.856. The Morgan fingerprint density at radius 2 is 2.18 bits per heavy atom. The number of rotatable bonds is 6. The molecule has 0 saturated carbocycles. The summed E-state index contributed by atoms with van der Waals surface area (Å²) in [6, 6.07) is 4.87. The zero-order valence-corrected chi connectivity index (χ0v) is 10.2. The molecule has 0 spiro atoms. The van der Waals surface area contributed by atoms with Crippen molar-refractivity contribution in [1.82, 2.24) is 0 Å². The fraction of sp³-hybridized carbons (Fsp3) is 0.462. The van der Waals surface area contributed by atoms with E-state index in [0.717, 1.165) is 5.56 Å². The summed E-state index contributed by atoms with van der Waals surface area (Å²) in [4.78, 5) is 10.9. The number of ether oxygens (including phenoxy) is 2. The van der Waals surface area contributed by atoms with Gasteiger partial charge in [-0.15, -0.1) is 0 Å². The summed E-state index contributed by atoms with van der Waals surface area (Å²) in [6.07, 6.45) is 1.66. The molecule has 0 unspecified atom stereocenters. The maximum Gasteiger partial charge on any atom is 0.305 e. The second kappa shape index (κ2) is 6.89. The van der Waals surface area contributed by atoms with Gasteiger partial charge in [-0.3, -0.25) is 4.79 Å². The third kappa shape index (κ3) is 4.43. The number of benzene rings is 1. The van der Waals surface area contributed by atoms with Crippen LogP contribution in [0.1, 0.15) is 25.3 Å². The number of hydrogen-bond donors (Lipinski definition) is 0. The highest BCUT2D eigenvalue weighted by Crippen LogP contribution is 2.19. The van der Waals surface area contributed by atoms with Gasteiger partial charge in [0, 0.05) is 6.42 Å². The van der Waals surface area contributed by atoms with E-state index in [9.17, 15) is 9.18 Å². The maximum absolute atomic E-state index is 13.5. The Morgan fingerprint density at radius 1 is 1.41 bits per heavy atom. The summed E-state index contributed by atoms with van der Waals surface area (Å²) in [7, 11) is 1.36. The lowest BCUT2D eigenvalue weighted by atomic mass is 10.1. The van der Waals surface area contributed by atoms with Gasteiger partial charge in [0.05, 0.1) is 13.7 Å². The smallest absolute Gasteiger partial charge is 0.305 e. The van der Waals surface area contributed by atoms with Crippen molar-refractivity contribution in [3.8, 4) is 5.75 Å². The number of esters is 1. The van der Waals surface area contributed by atoms with Crippen LogP contribution in [0.25, 0.3) is 0 Å². The monoisotopic (exact) mass is 240 g/mol. The molecular weight excluding hydrogens is 223 g/mol. The molecule has 0 radical (unpaired) electrons. The van der Waals surface area contributed by atoms with Crippen LogP contribution >= 0.6 is 0 Å². The van der Waals surface area contributed by atoms with Crippen LogP contribution in [0, 0.1) is 5.82 Å². The van der Waals surface area contributed by atoms with Crippen molar-refractivity contribution in [3.63, 3.8) is 0 Å². The molecule has 0 saturated heterocycles. The number of halogens is 1. The summed E-state index contributed by atoms with van der Waals surface area (Å²) < 4.78 is 23.1. The van der Waals surface area contributed by atoms with Gasteiger partial charge in [-0.25, -0.2) is 4.39 Å². The molecule has 0 amide bonds. The van der Waals surface area contributed by atoms with Gasteiger partial charge >= 0.3 is 5.97 Å². The first kappa shape index (κ1) is 13.5. The molecule has 94 valence electrons. The highest BCUT2D eigenvalue weighted by atomic mass is 19.1. The first-order valence-corrected chi connectivity index (χ1v) is 5.65. The predicted octanol–water partition coefficient (Wildman–Crippen LogP) is 2.72. The van der Waals surface area contributed by atoms with Crippen LogP contribution in [0.15, 0.2) is 18.2 Å². The van der Waals surface area contributed by atoms with Crippen molar-refractivity contribution in [2.24, 2.45) is 0 Å². The molecule has 0 heterocycles. The Balaban J connectivity index is 2.50.